The summed E-state index contributed by atoms with van der Waals surface area (Å²) in [5.41, 5.74) is 5.74. The fraction of sp³-hybridized carbons (Fsp3) is 0.923. The zero-order chi connectivity index (χ0) is 13.2. The summed E-state index contributed by atoms with van der Waals surface area (Å²) in [6.07, 6.45) is 5.06. The number of aliphatic hydroxyl groups is 1. The van der Waals surface area contributed by atoms with E-state index in [1.165, 1.54) is 6.42 Å². The number of nitrogens with two attached hydrogens (primary N) is 1. The Kier molecular flexibility index (Phi) is 7.76. The van der Waals surface area contributed by atoms with Crippen molar-refractivity contribution in [2.24, 2.45) is 10.7 Å². The summed E-state index contributed by atoms with van der Waals surface area (Å²) in [4.78, 5) is 6.69. The van der Waals surface area contributed by atoms with Crippen molar-refractivity contribution in [1.29, 1.82) is 0 Å². The number of likely N-dealkylation sites (tertiary alicyclic amines) is 1. The van der Waals surface area contributed by atoms with Gasteiger partial charge >= 0.3 is 0 Å². The molecule has 0 radical (unpaired) electrons. The molecule has 5 heteroatoms. The summed E-state index contributed by atoms with van der Waals surface area (Å²) < 4.78 is 0. The van der Waals surface area contributed by atoms with Crippen molar-refractivity contribution >= 4 is 5.96 Å². The summed E-state index contributed by atoms with van der Waals surface area (Å²) in [5.74, 6) is 0.567. The number of hydrogen-bond acceptors (Lipinski definition) is 3. The molecule has 1 fully saturated rings. The molecule has 0 aromatic heterocycles. The van der Waals surface area contributed by atoms with Crippen molar-refractivity contribution in [3.05, 3.63) is 0 Å². The van der Waals surface area contributed by atoms with Crippen LogP contribution in [-0.2, 0) is 0 Å². The van der Waals surface area contributed by atoms with Crippen LogP contribution in [0.15, 0.2) is 4.99 Å². The Morgan fingerprint density at radius 3 is 2.78 bits per heavy atom. The molecule has 106 valence electrons. The quantitative estimate of drug-likeness (QED) is 0.353. The van der Waals surface area contributed by atoms with Gasteiger partial charge < -0.3 is 21.1 Å². The van der Waals surface area contributed by atoms with Crippen LogP contribution in [-0.4, -0.2) is 54.8 Å². The number of aliphatic hydroxyl groups excluding tert-OH is 1. The van der Waals surface area contributed by atoms with Crippen molar-refractivity contribution in [2.45, 2.75) is 45.1 Å². The maximum absolute atomic E-state index is 9.40. The third-order valence-electron chi connectivity index (χ3n) is 3.31. The van der Waals surface area contributed by atoms with Gasteiger partial charge in [-0.25, -0.2) is 0 Å². The molecule has 5 nitrogen and oxygen atoms in total. The fourth-order valence-electron chi connectivity index (χ4n) is 2.09. The van der Waals surface area contributed by atoms with Gasteiger partial charge in [0.25, 0.3) is 0 Å². The van der Waals surface area contributed by atoms with E-state index in [-0.39, 0.29) is 6.10 Å². The van der Waals surface area contributed by atoms with Crippen LogP contribution in [0.5, 0.6) is 0 Å². The van der Waals surface area contributed by atoms with Gasteiger partial charge in [-0.2, -0.15) is 0 Å². The summed E-state index contributed by atoms with van der Waals surface area (Å²) in [5, 5.41) is 12.5. The maximum Gasteiger partial charge on any atom is 0.188 e. The van der Waals surface area contributed by atoms with Gasteiger partial charge in [-0.05, 0) is 32.2 Å². The van der Waals surface area contributed by atoms with E-state index in [9.17, 15) is 5.11 Å². The number of aliphatic imine (C=N–C) groups is 1. The minimum Gasteiger partial charge on any atom is -0.393 e. The molecule has 1 aliphatic heterocycles. The van der Waals surface area contributed by atoms with Gasteiger partial charge in [0.15, 0.2) is 5.96 Å². The minimum atomic E-state index is -0.0855. The first-order chi connectivity index (χ1) is 8.72. The van der Waals surface area contributed by atoms with E-state index in [1.807, 2.05) is 0 Å². The van der Waals surface area contributed by atoms with Gasteiger partial charge in [0.1, 0.15) is 0 Å². The lowest BCUT2D eigenvalue weighted by Crippen LogP contribution is -2.36. The molecular formula is C13H28N4O. The van der Waals surface area contributed by atoms with Gasteiger partial charge in [-0.3, -0.25) is 4.99 Å². The molecule has 1 saturated heterocycles. The van der Waals surface area contributed by atoms with Crippen LogP contribution in [0.3, 0.4) is 0 Å². The highest BCUT2D eigenvalue weighted by atomic mass is 16.3. The topological polar surface area (TPSA) is 73.9 Å². The Morgan fingerprint density at radius 1 is 1.39 bits per heavy atom. The lowest BCUT2D eigenvalue weighted by Gasteiger charge is -2.29. The van der Waals surface area contributed by atoms with Crippen LogP contribution in [0, 0.1) is 0 Å². The smallest absolute Gasteiger partial charge is 0.188 e. The van der Waals surface area contributed by atoms with Crippen molar-refractivity contribution < 1.29 is 5.11 Å². The molecule has 4 N–H and O–H groups in total. The van der Waals surface area contributed by atoms with Gasteiger partial charge in [0.05, 0.1) is 6.10 Å². The summed E-state index contributed by atoms with van der Waals surface area (Å²) >= 11 is 0. The van der Waals surface area contributed by atoms with E-state index in [2.05, 4.69) is 22.1 Å². The van der Waals surface area contributed by atoms with Gasteiger partial charge in [-0.1, -0.05) is 13.3 Å². The molecule has 1 heterocycles. The Bertz CT molecular complexity index is 237. The van der Waals surface area contributed by atoms with Crippen LogP contribution in [0.2, 0.25) is 0 Å². The number of unbranched alkanes of at least 4 members (excludes halogenated alkanes) is 1. The average Bonchev–Trinajstić information content (AvgIpc) is 2.37. The van der Waals surface area contributed by atoms with Crippen molar-refractivity contribution in [3.8, 4) is 0 Å². The highest BCUT2D eigenvalue weighted by molar-refractivity contribution is 5.77. The predicted octanol–water partition coefficient (Wildman–Crippen LogP) is 0.538. The second-order valence-corrected chi connectivity index (χ2v) is 4.97. The standard InChI is InChI=1S/C13H28N4O/c1-2-3-7-15-13(14)16-8-4-9-17-10-5-12(18)6-11-17/h12,18H,2-11H2,1H3,(H3,14,15,16). The molecule has 0 aliphatic carbocycles. The highest BCUT2D eigenvalue weighted by Crippen LogP contribution is 2.09. The van der Waals surface area contributed by atoms with Crippen LogP contribution in [0.25, 0.3) is 0 Å². The first-order valence-corrected chi connectivity index (χ1v) is 7.16. The second kappa shape index (κ2) is 9.16. The number of rotatable bonds is 7. The molecule has 0 aromatic rings. The molecule has 18 heavy (non-hydrogen) atoms. The first kappa shape index (κ1) is 15.2. The summed E-state index contributed by atoms with van der Waals surface area (Å²) in [6, 6.07) is 0. The number of guanidine groups is 1. The maximum atomic E-state index is 9.40. The highest BCUT2D eigenvalue weighted by Gasteiger charge is 2.15. The van der Waals surface area contributed by atoms with E-state index in [0.29, 0.717) is 5.96 Å². The van der Waals surface area contributed by atoms with Gasteiger partial charge in [0, 0.05) is 26.2 Å². The number of piperidine rings is 1. The van der Waals surface area contributed by atoms with Crippen LogP contribution in [0.1, 0.15) is 39.0 Å². The SMILES string of the molecule is CCCCNC(N)=NCCCN1CCC(O)CC1. The first-order valence-electron chi connectivity index (χ1n) is 7.16. The molecule has 0 bridgehead atoms. The molecule has 0 aromatic carbocycles. The average molecular weight is 256 g/mol. The minimum absolute atomic E-state index is 0.0855. The molecule has 0 amide bonds. The van der Waals surface area contributed by atoms with E-state index in [1.54, 1.807) is 0 Å². The molecule has 1 rings (SSSR count). The predicted molar refractivity (Wildman–Crippen MR) is 75.7 cm³/mol. The second-order valence-electron chi connectivity index (χ2n) is 4.97. The summed E-state index contributed by atoms with van der Waals surface area (Å²) in [6.45, 7) is 6.92. The van der Waals surface area contributed by atoms with E-state index in [0.717, 1.165) is 58.4 Å². The molecule has 1 aliphatic rings. The normalized spacial score (nSPS) is 19.1. The van der Waals surface area contributed by atoms with E-state index in [4.69, 9.17) is 5.73 Å². The van der Waals surface area contributed by atoms with Crippen molar-refractivity contribution in [1.82, 2.24) is 10.2 Å². The molecule has 0 atom stereocenters. The Balaban J connectivity index is 2.01. The lowest BCUT2D eigenvalue weighted by atomic mass is 10.1. The zero-order valence-electron chi connectivity index (χ0n) is 11.6. The fourth-order valence-corrected chi connectivity index (χ4v) is 2.09. The Labute approximate surface area is 110 Å². The van der Waals surface area contributed by atoms with Crippen LogP contribution >= 0.6 is 0 Å². The molecule has 0 unspecified atom stereocenters. The number of nitrogens with zero attached hydrogens (tertiary/aromatic N) is 2. The van der Waals surface area contributed by atoms with E-state index >= 15 is 0 Å². The Hall–Kier alpha value is -0.810. The molecular weight excluding hydrogens is 228 g/mol. The lowest BCUT2D eigenvalue weighted by molar-refractivity contribution is 0.0824. The van der Waals surface area contributed by atoms with E-state index < -0.39 is 0 Å². The third-order valence-corrected chi connectivity index (χ3v) is 3.31. The molecule has 0 saturated carbocycles. The van der Waals surface area contributed by atoms with Crippen molar-refractivity contribution in [2.75, 3.05) is 32.7 Å². The summed E-state index contributed by atoms with van der Waals surface area (Å²) in [7, 11) is 0. The number of hydrogen-bond donors (Lipinski definition) is 3. The largest absolute Gasteiger partial charge is 0.393 e. The third kappa shape index (κ3) is 6.81. The Morgan fingerprint density at radius 2 is 2.11 bits per heavy atom. The van der Waals surface area contributed by atoms with Crippen LogP contribution < -0.4 is 11.1 Å². The van der Waals surface area contributed by atoms with Crippen molar-refractivity contribution in [3.63, 3.8) is 0 Å². The van der Waals surface area contributed by atoms with Crippen LogP contribution in [0.4, 0.5) is 0 Å². The monoisotopic (exact) mass is 256 g/mol. The molecule has 0 spiro atoms. The number of nitrogens with one attached hydrogen (secondary N) is 1. The zero-order valence-corrected chi connectivity index (χ0v) is 11.6. The van der Waals surface area contributed by atoms with Gasteiger partial charge in [0.2, 0.25) is 0 Å². The van der Waals surface area contributed by atoms with Gasteiger partial charge in [-0.15, -0.1) is 0 Å².